The Labute approximate surface area is 200 Å². The van der Waals surface area contributed by atoms with Gasteiger partial charge in [0.25, 0.3) is 5.91 Å². The van der Waals surface area contributed by atoms with Crippen molar-refractivity contribution in [3.05, 3.63) is 65.4 Å². The molecule has 0 atom stereocenters. The van der Waals surface area contributed by atoms with Crippen LogP contribution in [0.2, 0.25) is 0 Å². The lowest BCUT2D eigenvalue weighted by molar-refractivity contribution is -0.137. The van der Waals surface area contributed by atoms with E-state index in [2.05, 4.69) is 10.3 Å². The fraction of sp³-hybridized carbons (Fsp3) is 0.320. The first-order chi connectivity index (χ1) is 16.6. The average Bonchev–Trinajstić information content (AvgIpc) is 2.82. The molecule has 10 heteroatoms. The molecule has 3 rings (SSSR count). The molecule has 0 radical (unpaired) electrons. The number of rotatable bonds is 9. The van der Waals surface area contributed by atoms with Crippen molar-refractivity contribution >= 4 is 28.5 Å². The number of nitrogens with one attached hydrogen (secondary N) is 1. The number of hydrogen-bond donors (Lipinski definition) is 1. The van der Waals surface area contributed by atoms with Crippen LogP contribution < -0.4 is 10.1 Å². The van der Waals surface area contributed by atoms with Crippen molar-refractivity contribution in [3.8, 4) is 5.75 Å². The Morgan fingerprint density at radius 2 is 1.80 bits per heavy atom. The summed E-state index contributed by atoms with van der Waals surface area (Å²) in [6, 6.07) is 11.4. The van der Waals surface area contributed by atoms with E-state index in [0.717, 1.165) is 18.2 Å². The number of nitrogens with zero attached hydrogens (tertiary/aromatic N) is 1. The number of carbonyl (C=O) groups excluding carboxylic acids is 2. The van der Waals surface area contributed by atoms with Crippen LogP contribution in [0, 0.1) is 0 Å². The molecule has 1 aromatic heterocycles. The predicted octanol–water partition coefficient (Wildman–Crippen LogP) is 5.20. The molecule has 0 aliphatic heterocycles. The van der Waals surface area contributed by atoms with Crippen molar-refractivity contribution in [2.75, 3.05) is 32.2 Å². The number of amides is 1. The smallest absolute Gasteiger partial charge is 0.416 e. The number of fused-ring (bicyclic) bond motifs is 1. The van der Waals surface area contributed by atoms with Gasteiger partial charge in [0.05, 0.1) is 28.9 Å². The van der Waals surface area contributed by atoms with Gasteiger partial charge in [-0.15, -0.1) is 0 Å². The Balaban J connectivity index is 1.76. The lowest BCUT2D eigenvalue weighted by Crippen LogP contribution is -2.22. The molecule has 0 aliphatic carbocycles. The fourth-order valence-corrected chi connectivity index (χ4v) is 3.22. The van der Waals surface area contributed by atoms with Gasteiger partial charge in [0.15, 0.2) is 6.61 Å². The highest BCUT2D eigenvalue weighted by Gasteiger charge is 2.31. The standard InChI is InChI=1S/C25H25F3N2O5/c1-15(2)20-13-18(17-6-4-5-7-19(17)29-20)24(32)35-14-23(31)30-21-12-16(25(26,27)28)8-9-22(21)34-11-10-33-3/h4-9,12-13,15H,10-11,14H2,1-3H3,(H,30,31). The van der Waals surface area contributed by atoms with E-state index in [9.17, 15) is 22.8 Å². The van der Waals surface area contributed by atoms with Crippen LogP contribution in [0.15, 0.2) is 48.5 Å². The minimum atomic E-state index is -4.62. The molecule has 3 aromatic rings. The molecule has 1 N–H and O–H groups in total. The van der Waals surface area contributed by atoms with Gasteiger partial charge in [0, 0.05) is 18.2 Å². The second kappa shape index (κ2) is 11.2. The maximum atomic E-state index is 13.2. The number of carbonyl (C=O) groups is 2. The summed E-state index contributed by atoms with van der Waals surface area (Å²) in [6.45, 7) is 3.42. The van der Waals surface area contributed by atoms with E-state index in [1.807, 2.05) is 13.8 Å². The van der Waals surface area contributed by atoms with Crippen molar-refractivity contribution in [2.45, 2.75) is 25.9 Å². The molecule has 0 spiro atoms. The van der Waals surface area contributed by atoms with Crippen LogP contribution in [0.25, 0.3) is 10.9 Å². The van der Waals surface area contributed by atoms with E-state index >= 15 is 0 Å². The normalized spacial score (nSPS) is 11.5. The zero-order valence-corrected chi connectivity index (χ0v) is 19.4. The van der Waals surface area contributed by atoms with Crippen molar-refractivity contribution < 1.29 is 37.0 Å². The van der Waals surface area contributed by atoms with Gasteiger partial charge < -0.3 is 19.5 Å². The molecular weight excluding hydrogens is 465 g/mol. The number of esters is 1. The summed E-state index contributed by atoms with van der Waals surface area (Å²) in [4.78, 5) is 29.8. The molecule has 0 saturated carbocycles. The zero-order chi connectivity index (χ0) is 25.6. The van der Waals surface area contributed by atoms with Crippen LogP contribution in [-0.2, 0) is 20.4 Å². The Bertz CT molecular complexity index is 1210. The van der Waals surface area contributed by atoms with Crippen LogP contribution in [0.1, 0.15) is 41.4 Å². The van der Waals surface area contributed by atoms with Crippen LogP contribution in [0.3, 0.4) is 0 Å². The molecule has 0 fully saturated rings. The van der Waals surface area contributed by atoms with Gasteiger partial charge in [-0.2, -0.15) is 13.2 Å². The summed E-state index contributed by atoms with van der Waals surface area (Å²) in [5, 5.41) is 2.89. The third-order valence-corrected chi connectivity index (χ3v) is 5.01. The number of benzene rings is 2. The molecule has 186 valence electrons. The maximum Gasteiger partial charge on any atom is 0.416 e. The van der Waals surface area contributed by atoms with Gasteiger partial charge in [-0.05, 0) is 36.2 Å². The fourth-order valence-electron chi connectivity index (χ4n) is 3.22. The Morgan fingerprint density at radius 3 is 2.49 bits per heavy atom. The van der Waals surface area contributed by atoms with E-state index in [-0.39, 0.29) is 36.1 Å². The van der Waals surface area contributed by atoms with E-state index < -0.39 is 30.2 Å². The molecule has 7 nitrogen and oxygen atoms in total. The van der Waals surface area contributed by atoms with Crippen LogP contribution in [-0.4, -0.2) is 43.8 Å². The zero-order valence-electron chi connectivity index (χ0n) is 19.4. The highest BCUT2D eigenvalue weighted by Crippen LogP contribution is 2.35. The number of ether oxygens (including phenoxy) is 3. The Hall–Kier alpha value is -3.66. The van der Waals surface area contributed by atoms with Crippen LogP contribution in [0.4, 0.5) is 18.9 Å². The topological polar surface area (TPSA) is 86.8 Å². The number of para-hydroxylation sites is 1. The molecule has 0 aliphatic rings. The minimum absolute atomic E-state index is 0.0245. The molecule has 0 bridgehead atoms. The second-order valence-electron chi connectivity index (χ2n) is 7.94. The monoisotopic (exact) mass is 490 g/mol. The minimum Gasteiger partial charge on any atom is -0.489 e. The van der Waals surface area contributed by atoms with Gasteiger partial charge in [0.2, 0.25) is 0 Å². The Kier molecular flexibility index (Phi) is 8.29. The van der Waals surface area contributed by atoms with E-state index in [4.69, 9.17) is 14.2 Å². The van der Waals surface area contributed by atoms with Crippen molar-refractivity contribution in [1.82, 2.24) is 4.98 Å². The highest BCUT2D eigenvalue weighted by atomic mass is 19.4. The second-order valence-corrected chi connectivity index (χ2v) is 7.94. The lowest BCUT2D eigenvalue weighted by atomic mass is 10.0. The summed E-state index contributed by atoms with van der Waals surface area (Å²) in [5.41, 5.74) is 0.371. The first-order valence-corrected chi connectivity index (χ1v) is 10.8. The number of methoxy groups -OCH3 is 1. The van der Waals surface area contributed by atoms with Crippen molar-refractivity contribution in [2.24, 2.45) is 0 Å². The van der Waals surface area contributed by atoms with Crippen molar-refractivity contribution in [1.29, 1.82) is 0 Å². The molecular formula is C25H25F3N2O5. The number of hydrogen-bond acceptors (Lipinski definition) is 6. The summed E-state index contributed by atoms with van der Waals surface area (Å²) in [7, 11) is 1.45. The van der Waals surface area contributed by atoms with Crippen molar-refractivity contribution in [3.63, 3.8) is 0 Å². The van der Waals surface area contributed by atoms with Gasteiger partial charge in [-0.1, -0.05) is 32.0 Å². The summed E-state index contributed by atoms with van der Waals surface area (Å²) >= 11 is 0. The molecule has 1 amide bonds. The first kappa shape index (κ1) is 26.0. The molecule has 2 aromatic carbocycles. The molecule has 1 heterocycles. The largest absolute Gasteiger partial charge is 0.489 e. The van der Waals surface area contributed by atoms with E-state index in [1.165, 1.54) is 7.11 Å². The molecule has 0 saturated heterocycles. The quantitative estimate of drug-likeness (QED) is 0.328. The van der Waals surface area contributed by atoms with E-state index in [1.54, 1.807) is 30.3 Å². The number of aromatic nitrogens is 1. The molecule has 0 unspecified atom stereocenters. The van der Waals surface area contributed by atoms with Gasteiger partial charge in [-0.25, -0.2) is 4.79 Å². The Morgan fingerprint density at radius 1 is 1.06 bits per heavy atom. The van der Waals surface area contributed by atoms with E-state index in [0.29, 0.717) is 16.6 Å². The average molecular weight is 490 g/mol. The summed E-state index contributed by atoms with van der Waals surface area (Å²) in [5.74, 6) is -1.50. The number of anilines is 1. The third kappa shape index (κ3) is 6.69. The van der Waals surface area contributed by atoms with Gasteiger partial charge >= 0.3 is 12.1 Å². The summed E-state index contributed by atoms with van der Waals surface area (Å²) < 4.78 is 54.9. The number of alkyl halides is 3. The van der Waals surface area contributed by atoms with Crippen LogP contribution >= 0.6 is 0 Å². The highest BCUT2D eigenvalue weighted by molar-refractivity contribution is 6.04. The van der Waals surface area contributed by atoms with Crippen LogP contribution in [0.5, 0.6) is 5.75 Å². The molecule has 35 heavy (non-hydrogen) atoms. The lowest BCUT2D eigenvalue weighted by Gasteiger charge is -2.15. The first-order valence-electron chi connectivity index (χ1n) is 10.8. The summed E-state index contributed by atoms with van der Waals surface area (Å²) in [6.07, 6.45) is -4.62. The van der Waals surface area contributed by atoms with Gasteiger partial charge in [-0.3, -0.25) is 9.78 Å². The maximum absolute atomic E-state index is 13.2. The number of halogens is 3. The SMILES string of the molecule is COCCOc1ccc(C(F)(F)F)cc1NC(=O)COC(=O)c1cc(C(C)C)nc2ccccc12. The van der Waals surface area contributed by atoms with Gasteiger partial charge in [0.1, 0.15) is 12.4 Å². The third-order valence-electron chi connectivity index (χ3n) is 5.01. The number of pyridine rings is 1. The predicted molar refractivity (Wildman–Crippen MR) is 124 cm³/mol.